The number of anilines is 1. The number of nitrogens with one attached hydrogen (secondary N) is 1. The van der Waals surface area contributed by atoms with Crippen LogP contribution in [0, 0.1) is 6.92 Å². The molecule has 1 nitrogen and oxygen atoms in total. The maximum absolute atomic E-state index is 3.58. The van der Waals surface area contributed by atoms with E-state index in [1.807, 2.05) is 0 Å². The van der Waals surface area contributed by atoms with Gasteiger partial charge in [-0.25, -0.2) is 0 Å². The Morgan fingerprint density at radius 3 is 2.47 bits per heavy atom. The summed E-state index contributed by atoms with van der Waals surface area (Å²) >= 11 is 0. The Morgan fingerprint density at radius 1 is 1.00 bits per heavy atom. The van der Waals surface area contributed by atoms with Crippen molar-refractivity contribution in [3.05, 3.63) is 53.6 Å². The molecule has 0 amide bonds. The van der Waals surface area contributed by atoms with Crippen molar-refractivity contribution in [2.24, 2.45) is 0 Å². The molecule has 0 aromatic heterocycles. The van der Waals surface area contributed by atoms with E-state index in [1.165, 1.54) is 27.9 Å². The molecule has 0 bridgehead atoms. The molecular weight excluding hydrogens is 230 g/mol. The Morgan fingerprint density at radius 2 is 1.74 bits per heavy atom. The predicted octanol–water partition coefficient (Wildman–Crippen LogP) is 4.75. The lowest BCUT2D eigenvalue weighted by Crippen LogP contribution is -2.29. The van der Waals surface area contributed by atoms with Crippen molar-refractivity contribution in [3.63, 3.8) is 0 Å². The first-order valence-corrected chi connectivity index (χ1v) is 6.96. The van der Waals surface area contributed by atoms with E-state index in [9.17, 15) is 0 Å². The lowest BCUT2D eigenvalue weighted by atomic mass is 9.80. The zero-order chi connectivity index (χ0) is 13.6. The predicted molar refractivity (Wildman–Crippen MR) is 82.7 cm³/mol. The van der Waals surface area contributed by atoms with Gasteiger partial charge < -0.3 is 5.32 Å². The highest BCUT2D eigenvalue weighted by atomic mass is 15.0. The van der Waals surface area contributed by atoms with Gasteiger partial charge in [0, 0.05) is 17.1 Å². The molecule has 1 aliphatic heterocycles. The van der Waals surface area contributed by atoms with Crippen molar-refractivity contribution in [3.8, 4) is 11.1 Å². The molecule has 0 radical (unpaired) electrons. The molecule has 1 unspecified atom stereocenters. The lowest BCUT2D eigenvalue weighted by molar-refractivity contribution is 0.486. The molecule has 0 spiro atoms. The third-order valence-corrected chi connectivity index (χ3v) is 4.52. The van der Waals surface area contributed by atoms with Crippen LogP contribution in [0.4, 0.5) is 5.69 Å². The van der Waals surface area contributed by atoms with Gasteiger partial charge in [-0.2, -0.15) is 0 Å². The first-order chi connectivity index (χ1) is 8.98. The van der Waals surface area contributed by atoms with E-state index in [0.29, 0.717) is 6.04 Å². The minimum Gasteiger partial charge on any atom is -0.381 e. The quantitative estimate of drug-likeness (QED) is 0.771. The fraction of sp³-hybridized carbons (Fsp3) is 0.333. The average molecular weight is 251 g/mol. The van der Waals surface area contributed by atoms with Gasteiger partial charge in [0.05, 0.1) is 0 Å². The smallest absolute Gasteiger partial charge is 0.0381 e. The van der Waals surface area contributed by atoms with Crippen LogP contribution in [-0.4, -0.2) is 6.04 Å². The SMILES string of the molecule is Cc1cccc(-c2ccc3c(c2)C(C)(C)C(C)N3)c1. The van der Waals surface area contributed by atoms with Crippen LogP contribution in [0.3, 0.4) is 0 Å². The zero-order valence-corrected chi connectivity index (χ0v) is 12.1. The molecule has 1 heterocycles. The molecule has 98 valence electrons. The highest BCUT2D eigenvalue weighted by Crippen LogP contribution is 2.42. The molecule has 2 aromatic rings. The molecule has 1 aliphatic rings. The van der Waals surface area contributed by atoms with Crippen LogP contribution in [-0.2, 0) is 5.41 Å². The van der Waals surface area contributed by atoms with Crippen LogP contribution >= 0.6 is 0 Å². The number of hydrogen-bond acceptors (Lipinski definition) is 1. The fourth-order valence-electron chi connectivity index (χ4n) is 2.85. The molecule has 3 rings (SSSR count). The summed E-state index contributed by atoms with van der Waals surface area (Å²) < 4.78 is 0. The molecule has 0 fully saturated rings. The van der Waals surface area contributed by atoms with Crippen LogP contribution in [0.15, 0.2) is 42.5 Å². The number of benzene rings is 2. The van der Waals surface area contributed by atoms with Crippen molar-refractivity contribution in [1.82, 2.24) is 0 Å². The molecule has 1 atom stereocenters. The zero-order valence-electron chi connectivity index (χ0n) is 12.1. The lowest BCUT2D eigenvalue weighted by Gasteiger charge is -2.24. The van der Waals surface area contributed by atoms with Crippen molar-refractivity contribution in [1.29, 1.82) is 0 Å². The second-order valence-corrected chi connectivity index (χ2v) is 6.22. The molecule has 0 aliphatic carbocycles. The standard InChI is InChI=1S/C18H21N/c1-12-6-5-7-14(10-12)15-8-9-17-16(11-15)18(3,4)13(2)19-17/h5-11,13,19H,1-4H3. The van der Waals surface area contributed by atoms with Gasteiger partial charge in [0.25, 0.3) is 0 Å². The van der Waals surface area contributed by atoms with Crippen molar-refractivity contribution in [2.75, 3.05) is 5.32 Å². The van der Waals surface area contributed by atoms with Gasteiger partial charge in [-0.1, -0.05) is 49.7 Å². The number of aryl methyl sites for hydroxylation is 1. The molecule has 1 heteroatoms. The topological polar surface area (TPSA) is 12.0 Å². The summed E-state index contributed by atoms with van der Waals surface area (Å²) in [5.41, 5.74) is 6.83. The van der Waals surface area contributed by atoms with Gasteiger partial charge in [0.1, 0.15) is 0 Å². The molecule has 2 aromatic carbocycles. The number of rotatable bonds is 1. The number of hydrogen-bond donors (Lipinski definition) is 1. The van der Waals surface area contributed by atoms with Crippen LogP contribution in [0.5, 0.6) is 0 Å². The van der Waals surface area contributed by atoms with E-state index in [0.717, 1.165) is 0 Å². The van der Waals surface area contributed by atoms with Gasteiger partial charge in [-0.05, 0) is 42.7 Å². The third-order valence-electron chi connectivity index (χ3n) is 4.52. The minimum atomic E-state index is 0.190. The monoisotopic (exact) mass is 251 g/mol. The molecule has 1 N–H and O–H groups in total. The van der Waals surface area contributed by atoms with E-state index in [-0.39, 0.29) is 5.41 Å². The van der Waals surface area contributed by atoms with Gasteiger partial charge in [-0.3, -0.25) is 0 Å². The maximum Gasteiger partial charge on any atom is 0.0381 e. The van der Waals surface area contributed by atoms with Gasteiger partial charge in [0.15, 0.2) is 0 Å². The summed E-state index contributed by atoms with van der Waals surface area (Å²) in [5.74, 6) is 0. The molecule has 0 saturated heterocycles. The van der Waals surface area contributed by atoms with Crippen LogP contribution in [0.2, 0.25) is 0 Å². The highest BCUT2D eigenvalue weighted by molar-refractivity contribution is 5.72. The van der Waals surface area contributed by atoms with Gasteiger partial charge >= 0.3 is 0 Å². The summed E-state index contributed by atoms with van der Waals surface area (Å²) in [5, 5.41) is 3.58. The van der Waals surface area contributed by atoms with E-state index in [4.69, 9.17) is 0 Å². The molecule has 0 saturated carbocycles. The molecular formula is C18H21N. The largest absolute Gasteiger partial charge is 0.381 e. The van der Waals surface area contributed by atoms with Gasteiger partial charge in [0.2, 0.25) is 0 Å². The van der Waals surface area contributed by atoms with Crippen LogP contribution in [0.1, 0.15) is 31.9 Å². The van der Waals surface area contributed by atoms with E-state index < -0.39 is 0 Å². The van der Waals surface area contributed by atoms with Crippen LogP contribution in [0.25, 0.3) is 11.1 Å². The first kappa shape index (κ1) is 12.3. The second-order valence-electron chi connectivity index (χ2n) is 6.22. The summed E-state index contributed by atoms with van der Waals surface area (Å²) in [6.45, 7) is 9.03. The average Bonchev–Trinajstić information content (AvgIpc) is 2.60. The Labute approximate surface area is 115 Å². The normalized spacial score (nSPS) is 19.9. The summed E-state index contributed by atoms with van der Waals surface area (Å²) in [6.07, 6.45) is 0. The summed E-state index contributed by atoms with van der Waals surface area (Å²) in [6, 6.07) is 16.0. The van der Waals surface area contributed by atoms with Gasteiger partial charge in [-0.15, -0.1) is 0 Å². The highest BCUT2D eigenvalue weighted by Gasteiger charge is 2.36. The van der Waals surface area contributed by atoms with E-state index in [2.05, 4.69) is 75.5 Å². The minimum absolute atomic E-state index is 0.190. The van der Waals surface area contributed by atoms with E-state index in [1.54, 1.807) is 0 Å². The Hall–Kier alpha value is -1.76. The summed E-state index contributed by atoms with van der Waals surface area (Å²) in [7, 11) is 0. The molecule has 19 heavy (non-hydrogen) atoms. The Bertz CT molecular complexity index is 625. The Kier molecular flexibility index (Phi) is 2.67. The van der Waals surface area contributed by atoms with Crippen molar-refractivity contribution >= 4 is 5.69 Å². The summed E-state index contributed by atoms with van der Waals surface area (Å²) in [4.78, 5) is 0. The fourth-order valence-corrected chi connectivity index (χ4v) is 2.85. The van der Waals surface area contributed by atoms with Crippen LogP contribution < -0.4 is 5.32 Å². The van der Waals surface area contributed by atoms with E-state index >= 15 is 0 Å². The van der Waals surface area contributed by atoms with Crippen molar-refractivity contribution < 1.29 is 0 Å². The Balaban J connectivity index is 2.11. The second kappa shape index (κ2) is 4.12. The maximum atomic E-state index is 3.58. The first-order valence-electron chi connectivity index (χ1n) is 6.96. The van der Waals surface area contributed by atoms with Crippen molar-refractivity contribution in [2.45, 2.75) is 39.2 Å². The third kappa shape index (κ3) is 1.94. The number of fused-ring (bicyclic) bond motifs is 1.